The number of likely N-dealkylation sites (tertiary alicyclic amines) is 1. The van der Waals surface area contributed by atoms with Gasteiger partial charge in [-0.3, -0.25) is 9.59 Å². The fraction of sp³-hybridized carbons (Fsp3) is 0.429. The number of hydrogen-bond donors (Lipinski definition) is 1. The van der Waals surface area contributed by atoms with Crippen LogP contribution in [0.1, 0.15) is 34.9 Å². The zero-order valence-electron chi connectivity index (χ0n) is 12.1. The molecular formula is C14H16N4O4. The highest BCUT2D eigenvalue weighted by Crippen LogP contribution is 2.26. The summed E-state index contributed by atoms with van der Waals surface area (Å²) in [5.41, 5.74) is 1.12. The lowest BCUT2D eigenvalue weighted by atomic mass is 9.93. The molecule has 116 valence electrons. The molecule has 0 aromatic carbocycles. The zero-order valence-corrected chi connectivity index (χ0v) is 12.1. The van der Waals surface area contributed by atoms with Gasteiger partial charge in [-0.25, -0.2) is 9.31 Å². The van der Waals surface area contributed by atoms with Gasteiger partial charge in [0.05, 0.1) is 12.8 Å². The average molecular weight is 304 g/mol. The first-order chi connectivity index (χ1) is 10.6. The number of nitrogens with one attached hydrogen (secondary N) is 1. The topological polar surface area (TPSA) is 96.8 Å². The van der Waals surface area contributed by atoms with Crippen LogP contribution in [0.2, 0.25) is 0 Å². The van der Waals surface area contributed by atoms with Gasteiger partial charge in [-0.15, -0.1) is 0 Å². The van der Waals surface area contributed by atoms with Crippen LogP contribution in [-0.2, 0) is 9.53 Å². The van der Waals surface area contributed by atoms with Gasteiger partial charge in [0.25, 0.3) is 5.56 Å². The molecule has 2 aromatic rings. The predicted octanol–water partition coefficient (Wildman–Crippen LogP) is 0.145. The van der Waals surface area contributed by atoms with Crippen molar-refractivity contribution in [3.8, 4) is 0 Å². The first-order valence-corrected chi connectivity index (χ1v) is 7.03. The molecule has 0 unspecified atom stereocenters. The maximum Gasteiger partial charge on any atom is 0.358 e. The minimum absolute atomic E-state index is 0.117. The summed E-state index contributed by atoms with van der Waals surface area (Å²) in [6.45, 7) is 1.29. The number of aromatic amines is 1. The van der Waals surface area contributed by atoms with Crippen LogP contribution in [0.4, 0.5) is 0 Å². The maximum atomic E-state index is 11.8. The van der Waals surface area contributed by atoms with Gasteiger partial charge in [0.15, 0.2) is 5.69 Å². The van der Waals surface area contributed by atoms with Gasteiger partial charge < -0.3 is 14.6 Å². The van der Waals surface area contributed by atoms with E-state index in [0.29, 0.717) is 18.7 Å². The molecule has 1 saturated heterocycles. The Bertz CT molecular complexity index is 771. The number of esters is 1. The summed E-state index contributed by atoms with van der Waals surface area (Å²) in [4.78, 5) is 38.6. The monoisotopic (exact) mass is 304 g/mol. The molecule has 0 saturated carbocycles. The number of hydrogen-bond acceptors (Lipinski definition) is 5. The third-order valence-electron chi connectivity index (χ3n) is 3.98. The molecule has 8 nitrogen and oxygen atoms in total. The van der Waals surface area contributed by atoms with E-state index in [1.54, 1.807) is 9.42 Å². The van der Waals surface area contributed by atoms with Crippen molar-refractivity contribution in [3.05, 3.63) is 33.9 Å². The predicted molar refractivity (Wildman–Crippen MR) is 76.8 cm³/mol. The molecule has 0 spiro atoms. The Morgan fingerprint density at radius 2 is 2.14 bits per heavy atom. The van der Waals surface area contributed by atoms with Gasteiger partial charge in [0.1, 0.15) is 5.65 Å². The van der Waals surface area contributed by atoms with E-state index in [1.165, 1.54) is 19.2 Å². The fourth-order valence-electron chi connectivity index (χ4n) is 2.82. The largest absolute Gasteiger partial charge is 0.464 e. The van der Waals surface area contributed by atoms with E-state index < -0.39 is 5.97 Å². The molecule has 0 bridgehead atoms. The number of rotatable bonds is 3. The second kappa shape index (κ2) is 5.63. The molecule has 3 rings (SSSR count). The number of nitrogens with zero attached hydrogens (tertiary/aromatic N) is 3. The van der Waals surface area contributed by atoms with Crippen LogP contribution >= 0.6 is 0 Å². The minimum atomic E-state index is -0.550. The lowest BCUT2D eigenvalue weighted by Gasteiger charge is -2.29. The third kappa shape index (κ3) is 2.47. The summed E-state index contributed by atoms with van der Waals surface area (Å²) >= 11 is 0. The first kappa shape index (κ1) is 14.3. The van der Waals surface area contributed by atoms with E-state index in [9.17, 15) is 14.4 Å². The molecule has 1 amide bonds. The van der Waals surface area contributed by atoms with Crippen LogP contribution in [0.3, 0.4) is 0 Å². The molecule has 1 N–H and O–H groups in total. The normalized spacial score (nSPS) is 16.0. The molecule has 1 fully saturated rings. The summed E-state index contributed by atoms with van der Waals surface area (Å²) in [5, 5.41) is 4.23. The van der Waals surface area contributed by atoms with Crippen molar-refractivity contribution in [2.45, 2.75) is 18.8 Å². The second-order valence-corrected chi connectivity index (χ2v) is 5.29. The van der Waals surface area contributed by atoms with E-state index in [2.05, 4.69) is 14.8 Å². The summed E-state index contributed by atoms with van der Waals surface area (Å²) in [6.07, 6.45) is 2.35. The molecule has 2 aromatic heterocycles. The smallest absolute Gasteiger partial charge is 0.358 e. The number of carbonyl (C=O) groups excluding carboxylic acids is 2. The SMILES string of the molecule is COC(=O)c1cc2[nH]c(=O)cc(C3CCN(C=O)CC3)n2n1. The van der Waals surface area contributed by atoms with Gasteiger partial charge in [0, 0.05) is 31.1 Å². The quantitative estimate of drug-likeness (QED) is 0.643. The zero-order chi connectivity index (χ0) is 15.7. The van der Waals surface area contributed by atoms with Crippen molar-refractivity contribution in [2.24, 2.45) is 0 Å². The van der Waals surface area contributed by atoms with Crippen molar-refractivity contribution in [3.63, 3.8) is 0 Å². The van der Waals surface area contributed by atoms with Gasteiger partial charge in [0.2, 0.25) is 6.41 Å². The molecule has 1 aliphatic rings. The van der Waals surface area contributed by atoms with Crippen molar-refractivity contribution in [1.82, 2.24) is 19.5 Å². The highest BCUT2D eigenvalue weighted by Gasteiger charge is 2.23. The number of carbonyl (C=O) groups is 2. The number of fused-ring (bicyclic) bond motifs is 1. The number of H-pyrrole nitrogens is 1. The van der Waals surface area contributed by atoms with E-state index in [-0.39, 0.29) is 17.2 Å². The Morgan fingerprint density at radius 1 is 1.41 bits per heavy atom. The van der Waals surface area contributed by atoms with E-state index in [0.717, 1.165) is 24.9 Å². The van der Waals surface area contributed by atoms with Crippen LogP contribution in [0.5, 0.6) is 0 Å². The lowest BCUT2D eigenvalue weighted by molar-refractivity contribution is -0.119. The number of methoxy groups -OCH3 is 1. The molecule has 0 radical (unpaired) electrons. The Morgan fingerprint density at radius 3 is 2.77 bits per heavy atom. The Labute approximate surface area is 125 Å². The summed E-state index contributed by atoms with van der Waals surface area (Å²) in [5.74, 6) is -0.433. The van der Waals surface area contributed by atoms with Gasteiger partial charge in [-0.05, 0) is 12.8 Å². The minimum Gasteiger partial charge on any atom is -0.464 e. The molecular weight excluding hydrogens is 288 g/mol. The highest BCUT2D eigenvalue weighted by molar-refractivity contribution is 5.88. The Kier molecular flexibility index (Phi) is 3.66. The molecule has 8 heteroatoms. The second-order valence-electron chi connectivity index (χ2n) is 5.29. The summed E-state index contributed by atoms with van der Waals surface area (Å²) in [6, 6.07) is 3.00. The third-order valence-corrected chi connectivity index (χ3v) is 3.98. The van der Waals surface area contributed by atoms with E-state index >= 15 is 0 Å². The highest BCUT2D eigenvalue weighted by atomic mass is 16.5. The molecule has 0 aliphatic carbocycles. The molecule has 1 aliphatic heterocycles. The maximum absolute atomic E-state index is 11.8. The summed E-state index contributed by atoms with van der Waals surface area (Å²) in [7, 11) is 1.28. The molecule has 0 atom stereocenters. The fourth-order valence-corrected chi connectivity index (χ4v) is 2.82. The molecule has 3 heterocycles. The Hall–Kier alpha value is -2.64. The van der Waals surface area contributed by atoms with E-state index in [4.69, 9.17) is 0 Å². The van der Waals surface area contributed by atoms with Crippen molar-refractivity contribution >= 4 is 18.0 Å². The van der Waals surface area contributed by atoms with Crippen LogP contribution < -0.4 is 5.56 Å². The Balaban J connectivity index is 2.01. The lowest BCUT2D eigenvalue weighted by Crippen LogP contribution is -2.32. The van der Waals surface area contributed by atoms with E-state index in [1.807, 2.05) is 0 Å². The average Bonchev–Trinajstić information content (AvgIpc) is 2.97. The van der Waals surface area contributed by atoms with Gasteiger partial charge >= 0.3 is 5.97 Å². The van der Waals surface area contributed by atoms with Crippen LogP contribution in [0.15, 0.2) is 16.9 Å². The summed E-state index contributed by atoms with van der Waals surface area (Å²) < 4.78 is 6.24. The standard InChI is InChI=1S/C14H16N4O4/c1-22-14(21)10-6-12-15-13(20)7-11(18(12)16-10)9-2-4-17(8-19)5-3-9/h6-9H,2-5H2,1H3,(H,15,20). The van der Waals surface area contributed by atoms with Crippen LogP contribution in [-0.4, -0.2) is 52.1 Å². The number of ether oxygens (including phenoxy) is 1. The first-order valence-electron chi connectivity index (χ1n) is 7.03. The van der Waals surface area contributed by atoms with Gasteiger partial charge in [-0.1, -0.05) is 0 Å². The number of aromatic nitrogens is 3. The molecule has 22 heavy (non-hydrogen) atoms. The van der Waals surface area contributed by atoms with Crippen molar-refractivity contribution in [1.29, 1.82) is 0 Å². The van der Waals surface area contributed by atoms with Crippen molar-refractivity contribution < 1.29 is 14.3 Å². The number of piperidine rings is 1. The van der Waals surface area contributed by atoms with Gasteiger partial charge in [-0.2, -0.15) is 5.10 Å². The van der Waals surface area contributed by atoms with Crippen molar-refractivity contribution in [2.75, 3.05) is 20.2 Å². The number of amides is 1. The van der Waals surface area contributed by atoms with Crippen LogP contribution in [0, 0.1) is 0 Å². The van der Waals surface area contributed by atoms with Crippen LogP contribution in [0.25, 0.3) is 5.65 Å².